The molecule has 0 aromatic heterocycles. The zero-order valence-corrected chi connectivity index (χ0v) is 14.1. The zero-order valence-electron chi connectivity index (χ0n) is 14.1. The smallest absolute Gasteiger partial charge is 0.177 e. The van der Waals surface area contributed by atoms with Crippen molar-refractivity contribution in [3.63, 3.8) is 0 Å². The Hall–Kier alpha value is -2.17. The molecule has 1 heterocycles. The van der Waals surface area contributed by atoms with E-state index >= 15 is 0 Å². The van der Waals surface area contributed by atoms with E-state index in [9.17, 15) is 4.79 Å². The molecule has 0 aliphatic carbocycles. The summed E-state index contributed by atoms with van der Waals surface area (Å²) in [6, 6.07) is 15.8. The highest BCUT2D eigenvalue weighted by atomic mass is 16.5. The molecule has 0 radical (unpaired) electrons. The molecular weight excluding hydrogens is 300 g/mol. The fourth-order valence-corrected chi connectivity index (χ4v) is 2.94. The van der Waals surface area contributed by atoms with E-state index in [2.05, 4.69) is 10.2 Å². The van der Waals surface area contributed by atoms with Crippen LogP contribution in [0.1, 0.15) is 21.5 Å². The van der Waals surface area contributed by atoms with Gasteiger partial charge >= 0.3 is 0 Å². The predicted octanol–water partition coefficient (Wildman–Crippen LogP) is 2.66. The van der Waals surface area contributed by atoms with Gasteiger partial charge in [0.2, 0.25) is 0 Å². The Kier molecular flexibility index (Phi) is 5.62. The van der Waals surface area contributed by atoms with Gasteiger partial charge in [0, 0.05) is 31.7 Å². The molecule has 1 aliphatic heterocycles. The highest BCUT2D eigenvalue weighted by Crippen LogP contribution is 2.19. The Morgan fingerprint density at radius 1 is 1.12 bits per heavy atom. The summed E-state index contributed by atoms with van der Waals surface area (Å²) in [6.07, 6.45) is 0. The highest BCUT2D eigenvalue weighted by Gasteiger charge is 2.16. The first-order valence-electron chi connectivity index (χ1n) is 8.46. The average molecular weight is 324 g/mol. The Morgan fingerprint density at radius 3 is 2.58 bits per heavy atom. The molecule has 0 saturated carbocycles. The minimum atomic E-state index is 0.184. The molecule has 24 heavy (non-hydrogen) atoms. The van der Waals surface area contributed by atoms with Crippen molar-refractivity contribution in [2.75, 3.05) is 32.7 Å². The van der Waals surface area contributed by atoms with Crippen LogP contribution >= 0.6 is 0 Å². The van der Waals surface area contributed by atoms with E-state index in [1.165, 1.54) is 0 Å². The average Bonchev–Trinajstić information content (AvgIpc) is 2.61. The van der Waals surface area contributed by atoms with E-state index in [1.807, 2.05) is 55.5 Å². The molecule has 1 fully saturated rings. The van der Waals surface area contributed by atoms with Gasteiger partial charge in [-0.1, -0.05) is 30.3 Å². The number of carbonyl (C=O) groups excluding carboxylic acids is 1. The maximum Gasteiger partial charge on any atom is 0.177 e. The minimum absolute atomic E-state index is 0.184. The van der Waals surface area contributed by atoms with Gasteiger partial charge in [0.25, 0.3) is 0 Å². The number of nitrogens with zero attached hydrogens (tertiary/aromatic N) is 1. The molecule has 2 aromatic carbocycles. The highest BCUT2D eigenvalue weighted by molar-refractivity contribution is 5.99. The number of hydrogen-bond acceptors (Lipinski definition) is 4. The maximum atomic E-state index is 12.5. The Balaban J connectivity index is 1.60. The molecular formula is C20H24N2O2. The van der Waals surface area contributed by atoms with Crippen molar-refractivity contribution >= 4 is 5.78 Å². The molecule has 1 saturated heterocycles. The lowest BCUT2D eigenvalue weighted by Gasteiger charge is -2.26. The summed E-state index contributed by atoms with van der Waals surface area (Å²) in [5, 5.41) is 3.30. The van der Waals surface area contributed by atoms with E-state index in [0.717, 1.165) is 48.6 Å². The van der Waals surface area contributed by atoms with E-state index in [4.69, 9.17) is 4.74 Å². The maximum absolute atomic E-state index is 12.5. The van der Waals surface area contributed by atoms with Gasteiger partial charge in [-0.05, 0) is 36.2 Å². The normalized spacial score (nSPS) is 15.2. The monoisotopic (exact) mass is 324 g/mol. The number of piperazine rings is 1. The largest absolute Gasteiger partial charge is 0.489 e. The second kappa shape index (κ2) is 8.08. The van der Waals surface area contributed by atoms with E-state index in [-0.39, 0.29) is 5.78 Å². The van der Waals surface area contributed by atoms with Crippen LogP contribution in [0.25, 0.3) is 0 Å². The molecule has 4 heteroatoms. The number of benzene rings is 2. The van der Waals surface area contributed by atoms with Crippen molar-refractivity contribution in [2.24, 2.45) is 0 Å². The van der Waals surface area contributed by atoms with Gasteiger partial charge in [-0.3, -0.25) is 9.69 Å². The summed E-state index contributed by atoms with van der Waals surface area (Å²) < 4.78 is 5.83. The van der Waals surface area contributed by atoms with Crippen LogP contribution in [0.4, 0.5) is 0 Å². The number of aryl methyl sites for hydroxylation is 1. The van der Waals surface area contributed by atoms with Crippen molar-refractivity contribution in [3.05, 3.63) is 65.2 Å². The van der Waals surface area contributed by atoms with Gasteiger partial charge in [-0.2, -0.15) is 0 Å². The first kappa shape index (κ1) is 16.7. The van der Waals surface area contributed by atoms with Crippen LogP contribution in [0, 0.1) is 6.92 Å². The number of nitrogens with one attached hydrogen (secondary N) is 1. The molecule has 3 rings (SSSR count). The number of hydrogen-bond donors (Lipinski definition) is 1. The van der Waals surface area contributed by atoms with Crippen LogP contribution < -0.4 is 10.1 Å². The van der Waals surface area contributed by atoms with E-state index in [0.29, 0.717) is 13.2 Å². The molecule has 4 nitrogen and oxygen atoms in total. The van der Waals surface area contributed by atoms with Crippen LogP contribution in [0.15, 0.2) is 48.5 Å². The second-order valence-corrected chi connectivity index (χ2v) is 6.20. The number of Topliss-reactive ketones (excluding diaryl/α,β-unsaturated/α-hetero) is 1. The molecule has 0 spiro atoms. The molecule has 1 N–H and O–H groups in total. The third-order valence-electron chi connectivity index (χ3n) is 4.32. The van der Waals surface area contributed by atoms with Crippen LogP contribution in [0.3, 0.4) is 0 Å². The third kappa shape index (κ3) is 4.43. The molecule has 0 amide bonds. The molecule has 0 bridgehead atoms. The lowest BCUT2D eigenvalue weighted by atomic mass is 10.0. The third-order valence-corrected chi connectivity index (χ3v) is 4.32. The van der Waals surface area contributed by atoms with Gasteiger partial charge < -0.3 is 10.1 Å². The fraction of sp³-hybridized carbons (Fsp3) is 0.350. The van der Waals surface area contributed by atoms with Crippen molar-refractivity contribution < 1.29 is 9.53 Å². The Bertz CT molecular complexity index is 679. The van der Waals surface area contributed by atoms with Crippen molar-refractivity contribution in [1.82, 2.24) is 10.2 Å². The second-order valence-electron chi connectivity index (χ2n) is 6.20. The lowest BCUT2D eigenvalue weighted by molar-refractivity contribution is 0.0921. The first-order valence-corrected chi connectivity index (χ1v) is 8.46. The first-order chi connectivity index (χ1) is 11.7. The van der Waals surface area contributed by atoms with Gasteiger partial charge in [-0.15, -0.1) is 0 Å². The molecule has 0 unspecified atom stereocenters. The van der Waals surface area contributed by atoms with Crippen LogP contribution in [-0.4, -0.2) is 43.4 Å². The summed E-state index contributed by atoms with van der Waals surface area (Å²) in [5.41, 5.74) is 2.90. The fourth-order valence-electron chi connectivity index (χ4n) is 2.94. The number of ketones is 1. The number of carbonyl (C=O) groups is 1. The summed E-state index contributed by atoms with van der Waals surface area (Å²) in [5.74, 6) is 0.985. The summed E-state index contributed by atoms with van der Waals surface area (Å²) in [7, 11) is 0. The summed E-state index contributed by atoms with van der Waals surface area (Å²) in [6.45, 7) is 6.78. The number of ether oxygens (including phenoxy) is 1. The lowest BCUT2D eigenvalue weighted by Crippen LogP contribution is -2.45. The zero-order chi connectivity index (χ0) is 16.8. The van der Waals surface area contributed by atoms with Gasteiger partial charge in [-0.25, -0.2) is 0 Å². The molecule has 0 atom stereocenters. The molecule has 1 aliphatic rings. The van der Waals surface area contributed by atoms with E-state index in [1.54, 1.807) is 0 Å². The SMILES string of the molecule is Cc1cc(OCc2ccccc2)ccc1C(=O)CN1CCNCC1. The van der Waals surface area contributed by atoms with Crippen molar-refractivity contribution in [2.45, 2.75) is 13.5 Å². The summed E-state index contributed by atoms with van der Waals surface area (Å²) in [4.78, 5) is 14.7. The number of rotatable bonds is 6. The van der Waals surface area contributed by atoms with Gasteiger partial charge in [0.15, 0.2) is 5.78 Å². The van der Waals surface area contributed by atoms with Crippen LogP contribution in [0.5, 0.6) is 5.75 Å². The molecule has 126 valence electrons. The minimum Gasteiger partial charge on any atom is -0.489 e. The van der Waals surface area contributed by atoms with Crippen LogP contribution in [-0.2, 0) is 6.61 Å². The van der Waals surface area contributed by atoms with Crippen LogP contribution in [0.2, 0.25) is 0 Å². The quantitative estimate of drug-likeness (QED) is 0.830. The Morgan fingerprint density at radius 2 is 1.88 bits per heavy atom. The van der Waals surface area contributed by atoms with Crippen molar-refractivity contribution in [1.29, 1.82) is 0 Å². The van der Waals surface area contributed by atoms with Gasteiger partial charge in [0.1, 0.15) is 12.4 Å². The molecule has 2 aromatic rings. The van der Waals surface area contributed by atoms with E-state index < -0.39 is 0 Å². The standard InChI is InChI=1S/C20H24N2O2/c1-16-13-18(24-15-17-5-3-2-4-6-17)7-8-19(16)20(23)14-22-11-9-21-10-12-22/h2-8,13,21H,9-12,14-15H2,1H3. The topological polar surface area (TPSA) is 41.6 Å². The summed E-state index contributed by atoms with van der Waals surface area (Å²) >= 11 is 0. The Labute approximate surface area is 143 Å². The van der Waals surface area contributed by atoms with Crippen molar-refractivity contribution in [3.8, 4) is 5.75 Å². The van der Waals surface area contributed by atoms with Gasteiger partial charge in [0.05, 0.1) is 6.54 Å². The predicted molar refractivity (Wildman–Crippen MR) is 95.6 cm³/mol.